The second-order valence-corrected chi connectivity index (χ2v) is 34.2. The van der Waals surface area contributed by atoms with Crippen molar-refractivity contribution in [2.24, 2.45) is 10.8 Å². The van der Waals surface area contributed by atoms with Crippen molar-refractivity contribution in [3.05, 3.63) is 204 Å². The Hall–Kier alpha value is -12.6. The second-order valence-electron chi connectivity index (χ2n) is 32.6. The first kappa shape index (κ1) is 85.8. The van der Waals surface area contributed by atoms with Crippen LogP contribution in [-0.4, -0.2) is 205 Å². The first-order valence-corrected chi connectivity index (χ1v) is 40.9. The Balaban J connectivity index is 0.900. The molecule has 15 rings (SSSR count). The average molecular weight is 1650 g/mol. The molecule has 6 aliphatic rings. The summed E-state index contributed by atoms with van der Waals surface area (Å²) in [6, 6.07) is 28.8. The fourth-order valence-electron chi connectivity index (χ4n) is 14.6. The number of hydrogen-bond acceptors (Lipinski definition) is 21. The summed E-state index contributed by atoms with van der Waals surface area (Å²) in [5.41, 5.74) is 0.831. The lowest BCUT2D eigenvalue weighted by molar-refractivity contribution is -0.145. The van der Waals surface area contributed by atoms with E-state index in [1.807, 2.05) is 72.8 Å². The van der Waals surface area contributed by atoms with Crippen molar-refractivity contribution >= 4 is 90.7 Å². The number of nitrogens with zero attached hydrogens (tertiary/aromatic N) is 9. The fourth-order valence-corrected chi connectivity index (χ4v) is 15.6. The highest BCUT2D eigenvalue weighted by molar-refractivity contribution is 7.90. The minimum Gasteiger partial charge on any atom is -0.487 e. The highest BCUT2D eigenvalue weighted by Gasteiger charge is 2.49. The zero-order valence-electron chi connectivity index (χ0n) is 67.8. The molecule has 2 fully saturated rings. The lowest BCUT2D eigenvalue weighted by Crippen LogP contribution is -2.61. The predicted octanol–water partition coefficient (Wildman–Crippen LogP) is 4.10. The minimum absolute atomic E-state index is 0.0725. The van der Waals surface area contributed by atoms with Crippen LogP contribution in [0.15, 0.2) is 175 Å². The Bertz CT molecular complexity index is 5350. The molecule has 33 nitrogen and oxygen atoms in total. The molecule has 626 valence electrons. The van der Waals surface area contributed by atoms with Gasteiger partial charge < -0.3 is 66.9 Å². The van der Waals surface area contributed by atoms with Gasteiger partial charge in [-0.15, -0.1) is 10.2 Å². The van der Waals surface area contributed by atoms with Gasteiger partial charge in [0.1, 0.15) is 84.4 Å². The van der Waals surface area contributed by atoms with Gasteiger partial charge in [-0.05, 0) is 119 Å². The molecule has 3 aromatic heterocycles. The van der Waals surface area contributed by atoms with Gasteiger partial charge in [-0.2, -0.15) is 8.42 Å². The number of sulfonamides is 1. The van der Waals surface area contributed by atoms with E-state index >= 15 is 24.0 Å². The molecule has 0 radical (unpaired) electrons. The average Bonchev–Trinajstić information content (AvgIpc) is 1.64. The van der Waals surface area contributed by atoms with Crippen LogP contribution < -0.4 is 56.7 Å². The van der Waals surface area contributed by atoms with Gasteiger partial charge in [0.25, 0.3) is 15.9 Å². The van der Waals surface area contributed by atoms with Crippen LogP contribution in [0, 0.1) is 10.8 Å². The summed E-state index contributed by atoms with van der Waals surface area (Å²) in [7, 11) is -1.47. The molecule has 12 atom stereocenters. The maximum atomic E-state index is 15.6. The van der Waals surface area contributed by atoms with Crippen molar-refractivity contribution in [3.63, 3.8) is 0 Å². The van der Waals surface area contributed by atoms with E-state index in [-0.39, 0.29) is 70.6 Å². The number of rotatable bonds is 16. The molecule has 9 heterocycles. The number of pyridine rings is 1. The molecule has 12 bridgehead atoms. The number of likely N-dealkylation sites (tertiary alicyclic amines) is 2. The van der Waals surface area contributed by atoms with E-state index in [1.54, 1.807) is 143 Å². The molecule has 6 aromatic carbocycles. The van der Waals surface area contributed by atoms with Crippen molar-refractivity contribution in [2.75, 3.05) is 27.2 Å². The van der Waals surface area contributed by atoms with Crippen LogP contribution in [0.3, 0.4) is 0 Å². The van der Waals surface area contributed by atoms with Crippen LogP contribution in [-0.2, 0) is 96.9 Å². The van der Waals surface area contributed by atoms with E-state index in [2.05, 4.69) is 72.9 Å². The van der Waals surface area contributed by atoms with Crippen LogP contribution in [0.1, 0.15) is 114 Å². The highest BCUT2D eigenvalue weighted by atomic mass is 32.2. The Morgan fingerprint density at radius 1 is 0.529 bits per heavy atom. The van der Waals surface area contributed by atoms with Crippen molar-refractivity contribution in [1.82, 2.24) is 92.0 Å². The molecule has 9 aromatic rings. The second kappa shape index (κ2) is 36.9. The molecular weight excluding hydrogens is 1550 g/mol. The summed E-state index contributed by atoms with van der Waals surface area (Å²) >= 11 is 0. The Morgan fingerprint density at radius 3 is 1.34 bits per heavy atom. The van der Waals surface area contributed by atoms with E-state index in [4.69, 9.17) is 9.47 Å². The number of aromatic nitrogens is 7. The van der Waals surface area contributed by atoms with E-state index in [0.29, 0.717) is 39.4 Å². The lowest BCUT2D eigenvalue weighted by Gasteiger charge is -2.36. The quantitative estimate of drug-likeness (QED) is 0.0651. The summed E-state index contributed by atoms with van der Waals surface area (Å²) < 4.78 is 45.4. The van der Waals surface area contributed by atoms with Gasteiger partial charge in [-0.25, -0.2) is 23.9 Å². The molecule has 10 N–H and O–H groups in total. The summed E-state index contributed by atoms with van der Waals surface area (Å²) in [5, 5.41) is 54.3. The third-order valence-electron chi connectivity index (χ3n) is 21.7. The first-order chi connectivity index (χ1) is 56.7. The number of amides is 9. The van der Waals surface area contributed by atoms with Crippen LogP contribution in [0.25, 0.3) is 21.5 Å². The summed E-state index contributed by atoms with van der Waals surface area (Å²) in [6.07, 6.45) is 3.37. The number of nitrogens with one attached hydrogen (secondary N) is 9. The largest absolute Gasteiger partial charge is 0.487 e. The van der Waals surface area contributed by atoms with Gasteiger partial charge in [-0.3, -0.25) is 43.2 Å². The van der Waals surface area contributed by atoms with Crippen molar-refractivity contribution < 1.29 is 70.9 Å². The minimum atomic E-state index is -4.67. The molecule has 0 aliphatic carbocycles. The Labute approximate surface area is 688 Å². The molecule has 9 amide bonds. The number of carbonyl (C=O) groups is 10. The molecule has 0 spiro atoms. The zero-order valence-corrected chi connectivity index (χ0v) is 68.6. The molecule has 2 saturated heterocycles. The van der Waals surface area contributed by atoms with Gasteiger partial charge >= 0.3 is 5.97 Å². The highest BCUT2D eigenvalue weighted by Crippen LogP contribution is 2.35. The maximum Gasteiger partial charge on any atom is 0.326 e. The van der Waals surface area contributed by atoms with Crippen LogP contribution in [0.4, 0.5) is 0 Å². The fraction of sp³-hybridized carbons (Fsp3) is 0.400. The van der Waals surface area contributed by atoms with E-state index in [9.17, 15) is 37.5 Å². The molecular formula is C85H100N18O15S. The molecule has 6 aliphatic heterocycles. The van der Waals surface area contributed by atoms with Gasteiger partial charge in [0, 0.05) is 57.8 Å². The van der Waals surface area contributed by atoms with Gasteiger partial charge in [0.15, 0.2) is 5.03 Å². The number of hydrogen-bond donors (Lipinski definition) is 10. The number of aliphatic carboxylic acids is 1. The van der Waals surface area contributed by atoms with E-state index in [1.165, 1.54) is 43.6 Å². The summed E-state index contributed by atoms with van der Waals surface area (Å²) in [4.78, 5) is 154. The third-order valence-corrected chi connectivity index (χ3v) is 23.0. The Kier molecular flexibility index (Phi) is 26.6. The number of carbonyl (C=O) groups excluding carboxylic acids is 9. The monoisotopic (exact) mass is 1640 g/mol. The van der Waals surface area contributed by atoms with Crippen molar-refractivity contribution in [1.29, 1.82) is 0 Å². The summed E-state index contributed by atoms with van der Waals surface area (Å²) in [6.45, 7) is 13.3. The van der Waals surface area contributed by atoms with Crippen LogP contribution in [0.5, 0.6) is 11.5 Å². The molecule has 0 saturated carbocycles. The maximum absolute atomic E-state index is 15.6. The predicted molar refractivity (Wildman–Crippen MR) is 437 cm³/mol. The normalized spacial score (nSPS) is 21.0. The number of benzene rings is 6. The molecule has 0 unspecified atom stereocenters. The molecule has 34 heteroatoms. The Morgan fingerprint density at radius 2 is 0.941 bits per heavy atom. The smallest absolute Gasteiger partial charge is 0.326 e. The number of carboxylic acid groups (broad SMARTS) is 1. The summed E-state index contributed by atoms with van der Waals surface area (Å²) in [5.74, 6) is -7.43. The van der Waals surface area contributed by atoms with E-state index < -0.39 is 158 Å². The van der Waals surface area contributed by atoms with Gasteiger partial charge in [0.05, 0.1) is 36.6 Å². The number of carboxylic acids is 1. The number of likely N-dealkylation sites (N-methyl/N-ethyl adjacent to an activating group) is 2. The first-order valence-electron chi connectivity index (χ1n) is 39.4. The standard InChI is InChI=1S/C85H100N18O15S/c1-49(86-9)74(104)93-72(84(3,4)5)81(111)100-45-61-41-69(100)79(109)90-65(39-53-22-28-55-17-11-13-19-57(55)35-53)76(106)89-67(78(108)97-119(115,116)71-21-15-16-34-88-71)37-51-24-30-63(31-25-51)117-47-59-43-103(98-95-59)62-42-70(101(46-62)82(112)73(85(6,7)8)94-75(105)50(2)87-10)80(110)91-66(40-54-23-29-56-18-12-14-20-58(56)36-54)77(107)92-68(83(113)114)38-52-26-32-64(33-27-52)118-48-60-44-102(61)99-96-60/h11-36,43-44,49-50,61-62,65-70,72-73,86-87H,37-42,45-48H2,1-10H3,(H,89,106)(H,90,109)(H,91,110)(H,92,107)(H,93,104)(H,94,105)(H,97,108)(H,113,114)/t49-,50-,61-,62-,65-,66-,67-,68-,69-,70-,72+,73+/m0/s1. The lowest BCUT2D eigenvalue weighted by atomic mass is 9.85. The zero-order chi connectivity index (χ0) is 85.2. The molecule has 119 heavy (non-hydrogen) atoms. The third kappa shape index (κ3) is 21.2. The SMILES string of the molecule is CN[C@@H](C)C(=O)N[C@H](C(=O)N1C[C@@H]2C[C@H]1C(=O)N[C@@H](Cc1ccc3ccccc3c1)C(=O)N[C@H](C(=O)O)Cc1ccc(cc1)OCc1cn(nn1)[C@H]1C[C@@H](C(=O)N[C@@H](Cc3ccc4ccccc4c3)C(=O)N[C@H](C(=O)NS(=O)(=O)c3ccccn3)Cc3ccc(cc3)OCc3cn2nn3)N(C(=O)[C@@H](NC(=O)[C@H](C)NC)C(C)(C)C)C1)C(C)(C)C. The number of ether oxygens (including phenoxy) is 2. The number of fused-ring (bicyclic) bond motifs is 2. The van der Waals surface area contributed by atoms with Gasteiger partial charge in [-0.1, -0.05) is 167 Å². The van der Waals surface area contributed by atoms with Crippen molar-refractivity contribution in [3.8, 4) is 11.5 Å². The van der Waals surface area contributed by atoms with Gasteiger partial charge in [0.2, 0.25) is 47.3 Å². The van der Waals surface area contributed by atoms with Crippen LogP contribution in [0.2, 0.25) is 0 Å². The van der Waals surface area contributed by atoms with Crippen LogP contribution >= 0.6 is 0 Å². The van der Waals surface area contributed by atoms with E-state index in [0.717, 1.165) is 21.5 Å². The topological polar surface area (TPSA) is 433 Å². The van der Waals surface area contributed by atoms with Crippen molar-refractivity contribution in [2.45, 2.75) is 185 Å².